The van der Waals surface area contributed by atoms with Crippen molar-refractivity contribution in [2.45, 2.75) is 39.1 Å². The molecule has 0 aliphatic rings. The topological polar surface area (TPSA) is 98.0 Å². The van der Waals surface area contributed by atoms with Crippen molar-refractivity contribution in [3.8, 4) is 12.3 Å². The van der Waals surface area contributed by atoms with Crippen LogP contribution in [0.1, 0.15) is 48.4 Å². The maximum atomic E-state index is 13.3. The van der Waals surface area contributed by atoms with Gasteiger partial charge in [-0.1, -0.05) is 45.0 Å². The molecule has 0 atom stereocenters. The van der Waals surface area contributed by atoms with E-state index in [-0.39, 0.29) is 28.8 Å². The number of terminal acetylenes is 1. The fraction of sp³-hybridized carbons (Fsp3) is 0.370. The smallest absolute Gasteiger partial charge is 0.337 e. The standard InChI is InChI=1S/C27H31N3O5S2/c1-7-14-30-23-13-10-21(26(32)35-6)15-24(23)36-27(30)28-25(31)20-8-11-22(12-9-20)37(33,34)29(16-18(2)3)17-19(4)5/h1,8-13,15,18-19H,14,16-17H2,2-6H3. The number of carbonyl (C=O) groups excluding carboxylic acids is 2. The van der Waals surface area contributed by atoms with Gasteiger partial charge >= 0.3 is 5.97 Å². The molecule has 0 N–H and O–H groups in total. The van der Waals surface area contributed by atoms with Gasteiger partial charge in [0.1, 0.15) is 0 Å². The summed E-state index contributed by atoms with van der Waals surface area (Å²) in [7, 11) is -2.40. The maximum Gasteiger partial charge on any atom is 0.337 e. The Morgan fingerprint density at radius 1 is 1.05 bits per heavy atom. The van der Waals surface area contributed by atoms with Gasteiger partial charge < -0.3 is 9.30 Å². The summed E-state index contributed by atoms with van der Waals surface area (Å²) in [4.78, 5) is 29.7. The number of sulfonamides is 1. The van der Waals surface area contributed by atoms with Crippen LogP contribution in [0.4, 0.5) is 0 Å². The Kier molecular flexibility index (Phi) is 9.07. The van der Waals surface area contributed by atoms with Crippen molar-refractivity contribution >= 4 is 43.5 Å². The van der Waals surface area contributed by atoms with Crippen LogP contribution in [0.15, 0.2) is 52.4 Å². The first kappa shape index (κ1) is 28.3. The lowest BCUT2D eigenvalue weighted by atomic mass is 10.2. The fourth-order valence-corrected chi connectivity index (χ4v) is 6.64. The average Bonchev–Trinajstić information content (AvgIpc) is 3.18. The second-order valence-electron chi connectivity index (χ2n) is 9.40. The van der Waals surface area contributed by atoms with Crippen LogP contribution in [0, 0.1) is 24.2 Å². The number of carbonyl (C=O) groups is 2. The molecule has 3 rings (SSSR count). The van der Waals surface area contributed by atoms with E-state index in [1.165, 1.54) is 47.0 Å². The van der Waals surface area contributed by atoms with Crippen LogP contribution in [-0.4, -0.2) is 49.4 Å². The number of hydrogen-bond acceptors (Lipinski definition) is 6. The number of fused-ring (bicyclic) bond motifs is 1. The Bertz CT molecular complexity index is 1500. The molecule has 0 saturated carbocycles. The summed E-state index contributed by atoms with van der Waals surface area (Å²) in [6.45, 7) is 8.91. The monoisotopic (exact) mass is 541 g/mol. The molecule has 0 saturated heterocycles. The van der Waals surface area contributed by atoms with E-state index in [9.17, 15) is 18.0 Å². The molecular formula is C27H31N3O5S2. The van der Waals surface area contributed by atoms with Crippen molar-refractivity contribution in [1.82, 2.24) is 8.87 Å². The first-order valence-electron chi connectivity index (χ1n) is 11.8. The largest absolute Gasteiger partial charge is 0.465 e. The zero-order valence-electron chi connectivity index (χ0n) is 21.6. The molecule has 3 aromatic rings. The minimum absolute atomic E-state index is 0.130. The minimum atomic E-state index is -3.71. The molecule has 0 aliphatic carbocycles. The molecule has 1 amide bonds. The summed E-state index contributed by atoms with van der Waals surface area (Å²) in [5.41, 5.74) is 1.36. The number of thiazole rings is 1. The summed E-state index contributed by atoms with van der Waals surface area (Å²) in [6.07, 6.45) is 5.54. The molecule has 0 fully saturated rings. The normalized spacial score (nSPS) is 12.5. The number of hydrogen-bond donors (Lipinski definition) is 0. The number of benzene rings is 2. The second kappa shape index (κ2) is 11.9. The van der Waals surface area contributed by atoms with Crippen LogP contribution in [0.25, 0.3) is 10.2 Å². The van der Waals surface area contributed by atoms with E-state index in [1.807, 2.05) is 27.7 Å². The average molecular weight is 542 g/mol. The number of amides is 1. The number of esters is 1. The van der Waals surface area contributed by atoms with E-state index < -0.39 is 21.9 Å². The molecule has 10 heteroatoms. The molecule has 0 unspecified atom stereocenters. The van der Waals surface area contributed by atoms with Crippen molar-refractivity contribution in [3.63, 3.8) is 0 Å². The highest BCUT2D eigenvalue weighted by molar-refractivity contribution is 7.89. The molecule has 2 aromatic carbocycles. The summed E-state index contributed by atoms with van der Waals surface area (Å²) in [5.74, 6) is 1.91. The predicted molar refractivity (Wildman–Crippen MR) is 145 cm³/mol. The number of nitrogens with zero attached hydrogens (tertiary/aromatic N) is 3. The van der Waals surface area contributed by atoms with Crippen LogP contribution in [0.5, 0.6) is 0 Å². The highest BCUT2D eigenvalue weighted by Crippen LogP contribution is 2.21. The van der Waals surface area contributed by atoms with Gasteiger partial charge in [0.25, 0.3) is 5.91 Å². The zero-order valence-corrected chi connectivity index (χ0v) is 23.2. The first-order valence-corrected chi connectivity index (χ1v) is 14.1. The predicted octanol–water partition coefficient (Wildman–Crippen LogP) is 4.17. The molecule has 1 heterocycles. The van der Waals surface area contributed by atoms with Gasteiger partial charge in [-0.2, -0.15) is 9.30 Å². The van der Waals surface area contributed by atoms with Crippen molar-refractivity contribution < 1.29 is 22.7 Å². The summed E-state index contributed by atoms with van der Waals surface area (Å²) in [6, 6.07) is 10.8. The van der Waals surface area contributed by atoms with Gasteiger partial charge in [0.2, 0.25) is 10.0 Å². The minimum Gasteiger partial charge on any atom is -0.465 e. The van der Waals surface area contributed by atoms with E-state index in [1.54, 1.807) is 22.8 Å². The molecule has 0 radical (unpaired) electrons. The Labute approximate surface area is 221 Å². The quantitative estimate of drug-likeness (QED) is 0.299. The molecule has 0 bridgehead atoms. The Balaban J connectivity index is 1.97. The fourth-order valence-electron chi connectivity index (χ4n) is 3.80. The van der Waals surface area contributed by atoms with Crippen molar-refractivity contribution in [3.05, 3.63) is 58.4 Å². The van der Waals surface area contributed by atoms with Crippen LogP contribution in [0.2, 0.25) is 0 Å². The van der Waals surface area contributed by atoms with Gasteiger partial charge in [0.15, 0.2) is 4.80 Å². The molecule has 1 aromatic heterocycles. The van der Waals surface area contributed by atoms with E-state index in [0.29, 0.717) is 23.5 Å². The van der Waals surface area contributed by atoms with E-state index in [4.69, 9.17) is 11.2 Å². The molecule has 196 valence electrons. The van der Waals surface area contributed by atoms with Gasteiger partial charge in [-0.3, -0.25) is 4.79 Å². The zero-order chi connectivity index (χ0) is 27.3. The van der Waals surface area contributed by atoms with Crippen molar-refractivity contribution in [2.75, 3.05) is 20.2 Å². The van der Waals surface area contributed by atoms with Crippen LogP contribution in [0.3, 0.4) is 0 Å². The van der Waals surface area contributed by atoms with Gasteiger partial charge in [-0.05, 0) is 54.3 Å². The van der Waals surface area contributed by atoms with Crippen molar-refractivity contribution in [2.24, 2.45) is 16.8 Å². The van der Waals surface area contributed by atoms with Crippen molar-refractivity contribution in [1.29, 1.82) is 0 Å². The summed E-state index contributed by atoms with van der Waals surface area (Å²) in [5, 5.41) is 0. The third kappa shape index (κ3) is 6.55. The highest BCUT2D eigenvalue weighted by atomic mass is 32.2. The van der Waals surface area contributed by atoms with Crippen LogP contribution < -0.4 is 4.80 Å². The SMILES string of the molecule is C#CCn1c(=NC(=O)c2ccc(S(=O)(=O)N(CC(C)C)CC(C)C)cc2)sc2cc(C(=O)OC)ccc21. The van der Waals surface area contributed by atoms with Gasteiger partial charge in [-0.25, -0.2) is 13.2 Å². The highest BCUT2D eigenvalue weighted by Gasteiger charge is 2.26. The Hall–Kier alpha value is -3.26. The number of methoxy groups -OCH3 is 1. The lowest BCUT2D eigenvalue weighted by Gasteiger charge is -2.25. The molecule has 0 spiro atoms. The maximum absolute atomic E-state index is 13.3. The lowest BCUT2D eigenvalue weighted by Crippen LogP contribution is -2.37. The molecule has 0 aliphatic heterocycles. The van der Waals surface area contributed by atoms with Gasteiger partial charge in [-0.15, -0.1) is 6.42 Å². The number of aromatic nitrogens is 1. The van der Waals surface area contributed by atoms with Crippen LogP contribution >= 0.6 is 11.3 Å². The first-order chi connectivity index (χ1) is 17.5. The third-order valence-corrected chi connectivity index (χ3v) is 8.31. The Morgan fingerprint density at radius 2 is 1.65 bits per heavy atom. The second-order valence-corrected chi connectivity index (χ2v) is 12.3. The molecular weight excluding hydrogens is 510 g/mol. The Morgan fingerprint density at radius 3 is 2.19 bits per heavy atom. The summed E-state index contributed by atoms with van der Waals surface area (Å²) < 4.78 is 35.2. The van der Waals surface area contributed by atoms with E-state index in [0.717, 1.165) is 10.2 Å². The van der Waals surface area contributed by atoms with E-state index >= 15 is 0 Å². The van der Waals surface area contributed by atoms with Crippen LogP contribution in [-0.2, 0) is 21.3 Å². The number of ether oxygens (including phenoxy) is 1. The van der Waals surface area contributed by atoms with E-state index in [2.05, 4.69) is 10.9 Å². The lowest BCUT2D eigenvalue weighted by molar-refractivity contribution is 0.0600. The third-order valence-electron chi connectivity index (χ3n) is 5.43. The van der Waals surface area contributed by atoms with Gasteiger partial charge in [0.05, 0.1) is 34.3 Å². The van der Waals surface area contributed by atoms with Gasteiger partial charge in [0, 0.05) is 18.7 Å². The molecule has 8 nitrogen and oxygen atoms in total. The number of rotatable bonds is 9. The molecule has 37 heavy (non-hydrogen) atoms. The summed E-state index contributed by atoms with van der Waals surface area (Å²) >= 11 is 1.22.